The molecule has 5 heteroatoms. The van der Waals surface area contributed by atoms with Crippen LogP contribution in [-0.2, 0) is 6.54 Å². The first kappa shape index (κ1) is 13.9. The van der Waals surface area contributed by atoms with Crippen molar-refractivity contribution in [3.63, 3.8) is 0 Å². The van der Waals surface area contributed by atoms with Crippen LogP contribution in [0.4, 0.5) is 0 Å². The fourth-order valence-electron chi connectivity index (χ4n) is 1.47. The van der Waals surface area contributed by atoms with Gasteiger partial charge in [0.2, 0.25) is 0 Å². The van der Waals surface area contributed by atoms with Crippen LogP contribution in [0, 0.1) is 0 Å². The molecule has 0 saturated heterocycles. The molecule has 0 aliphatic carbocycles. The van der Waals surface area contributed by atoms with Gasteiger partial charge in [0, 0.05) is 22.1 Å². The van der Waals surface area contributed by atoms with E-state index >= 15 is 0 Å². The molecular weight excluding hydrogens is 332 g/mol. The normalized spacial score (nSPS) is 10.6. The highest BCUT2D eigenvalue weighted by atomic mass is 79.9. The van der Waals surface area contributed by atoms with Gasteiger partial charge in [-0.05, 0) is 36.9 Å². The molecule has 1 aromatic heterocycles. The molecule has 18 heavy (non-hydrogen) atoms. The summed E-state index contributed by atoms with van der Waals surface area (Å²) in [4.78, 5) is 5.41. The number of rotatable bonds is 4. The van der Waals surface area contributed by atoms with Gasteiger partial charge < -0.3 is 5.32 Å². The van der Waals surface area contributed by atoms with Crippen LogP contribution >= 0.6 is 39.3 Å². The third-order valence-electron chi connectivity index (χ3n) is 2.31. The molecule has 2 rings (SSSR count). The van der Waals surface area contributed by atoms with E-state index in [1.807, 2.05) is 19.2 Å². The van der Waals surface area contributed by atoms with Crippen molar-refractivity contribution in [3.8, 4) is 0 Å². The average molecular weight is 344 g/mol. The maximum Gasteiger partial charge on any atom is 0.101 e. The molecule has 0 amide bonds. The summed E-state index contributed by atoms with van der Waals surface area (Å²) in [5, 5.41) is 4.73. The van der Waals surface area contributed by atoms with Crippen LogP contribution in [0.5, 0.6) is 0 Å². The van der Waals surface area contributed by atoms with E-state index in [-0.39, 0.29) is 0 Å². The highest BCUT2D eigenvalue weighted by Gasteiger charge is 2.03. The fourth-order valence-corrected chi connectivity index (χ4v) is 3.05. The summed E-state index contributed by atoms with van der Waals surface area (Å²) in [6.45, 7) is 0.852. The number of benzene rings is 1. The third-order valence-corrected chi connectivity index (χ3v) is 4.22. The third kappa shape index (κ3) is 3.72. The molecule has 94 valence electrons. The topological polar surface area (TPSA) is 24.9 Å². The zero-order valence-electron chi connectivity index (χ0n) is 9.78. The Labute approximate surface area is 124 Å². The van der Waals surface area contributed by atoms with E-state index in [0.717, 1.165) is 20.9 Å². The van der Waals surface area contributed by atoms with Gasteiger partial charge in [0.15, 0.2) is 0 Å². The monoisotopic (exact) mass is 342 g/mol. The standard InChI is InChI=1S/C13H12BrClN2S/c1-16-7-9-2-4-11(6-12(9)14)18-13-5-3-10(15)8-17-13/h2-6,8,16H,7H2,1H3. The smallest absolute Gasteiger partial charge is 0.101 e. The van der Waals surface area contributed by atoms with Crippen LogP contribution in [0.1, 0.15) is 5.56 Å². The van der Waals surface area contributed by atoms with Crippen molar-refractivity contribution >= 4 is 39.3 Å². The van der Waals surface area contributed by atoms with Gasteiger partial charge in [-0.15, -0.1) is 0 Å². The number of nitrogens with one attached hydrogen (secondary N) is 1. The Bertz CT molecular complexity index is 531. The van der Waals surface area contributed by atoms with Gasteiger partial charge >= 0.3 is 0 Å². The van der Waals surface area contributed by atoms with E-state index in [1.54, 1.807) is 18.0 Å². The van der Waals surface area contributed by atoms with E-state index < -0.39 is 0 Å². The lowest BCUT2D eigenvalue weighted by Gasteiger charge is -2.06. The molecule has 0 radical (unpaired) electrons. The lowest BCUT2D eigenvalue weighted by Crippen LogP contribution is -2.05. The second-order valence-electron chi connectivity index (χ2n) is 3.70. The van der Waals surface area contributed by atoms with Gasteiger partial charge in [-0.1, -0.05) is 45.4 Å². The lowest BCUT2D eigenvalue weighted by atomic mass is 10.2. The summed E-state index contributed by atoms with van der Waals surface area (Å²) in [5.74, 6) is 0. The van der Waals surface area contributed by atoms with Crippen LogP contribution in [-0.4, -0.2) is 12.0 Å². The van der Waals surface area contributed by atoms with Crippen LogP contribution < -0.4 is 5.32 Å². The number of nitrogens with zero attached hydrogens (tertiary/aromatic N) is 1. The van der Waals surface area contributed by atoms with Crippen molar-refractivity contribution in [2.75, 3.05) is 7.05 Å². The number of halogens is 2. The lowest BCUT2D eigenvalue weighted by molar-refractivity contribution is 0.813. The largest absolute Gasteiger partial charge is 0.316 e. The molecular formula is C13H12BrClN2S. The minimum Gasteiger partial charge on any atom is -0.316 e. The van der Waals surface area contributed by atoms with Gasteiger partial charge in [-0.3, -0.25) is 0 Å². The molecule has 0 bridgehead atoms. The summed E-state index contributed by atoms with van der Waals surface area (Å²) in [6.07, 6.45) is 1.66. The zero-order chi connectivity index (χ0) is 13.0. The molecule has 0 fully saturated rings. The Balaban J connectivity index is 2.14. The van der Waals surface area contributed by atoms with Crippen molar-refractivity contribution in [3.05, 3.63) is 51.6 Å². The second kappa shape index (κ2) is 6.57. The highest BCUT2D eigenvalue weighted by molar-refractivity contribution is 9.10. The number of hydrogen-bond acceptors (Lipinski definition) is 3. The van der Waals surface area contributed by atoms with E-state index in [9.17, 15) is 0 Å². The van der Waals surface area contributed by atoms with Crippen LogP contribution in [0.25, 0.3) is 0 Å². The number of hydrogen-bond donors (Lipinski definition) is 1. The maximum atomic E-state index is 5.81. The number of pyridine rings is 1. The fraction of sp³-hybridized carbons (Fsp3) is 0.154. The van der Waals surface area contributed by atoms with E-state index in [0.29, 0.717) is 5.02 Å². The Morgan fingerprint density at radius 3 is 2.78 bits per heavy atom. The predicted molar refractivity (Wildman–Crippen MR) is 80.3 cm³/mol. The minimum atomic E-state index is 0.657. The van der Waals surface area contributed by atoms with Crippen molar-refractivity contribution in [1.82, 2.24) is 10.3 Å². The molecule has 1 N–H and O–H groups in total. The van der Waals surface area contributed by atoms with Crippen LogP contribution in [0.15, 0.2) is 50.9 Å². The molecule has 2 nitrogen and oxygen atoms in total. The summed E-state index contributed by atoms with van der Waals surface area (Å²) < 4.78 is 1.11. The van der Waals surface area contributed by atoms with Crippen molar-refractivity contribution in [2.45, 2.75) is 16.5 Å². The average Bonchev–Trinajstić information content (AvgIpc) is 2.36. The summed E-state index contributed by atoms with van der Waals surface area (Å²) >= 11 is 11.0. The summed E-state index contributed by atoms with van der Waals surface area (Å²) in [7, 11) is 1.94. The SMILES string of the molecule is CNCc1ccc(Sc2ccc(Cl)cn2)cc1Br. The Kier molecular flexibility index (Phi) is 5.06. The highest BCUT2D eigenvalue weighted by Crippen LogP contribution is 2.30. The van der Waals surface area contributed by atoms with Crippen molar-refractivity contribution in [2.24, 2.45) is 0 Å². The molecule has 0 aliphatic rings. The summed E-state index contributed by atoms with van der Waals surface area (Å²) in [6, 6.07) is 10.1. The molecule has 1 heterocycles. The van der Waals surface area contributed by atoms with Crippen LogP contribution in [0.3, 0.4) is 0 Å². The van der Waals surface area contributed by atoms with Gasteiger partial charge in [0.05, 0.1) is 5.02 Å². The molecule has 0 aliphatic heterocycles. The van der Waals surface area contributed by atoms with E-state index in [2.05, 4.69) is 44.4 Å². The maximum absolute atomic E-state index is 5.81. The van der Waals surface area contributed by atoms with E-state index in [4.69, 9.17) is 11.6 Å². The molecule has 1 aromatic carbocycles. The Morgan fingerprint density at radius 2 is 2.17 bits per heavy atom. The van der Waals surface area contributed by atoms with E-state index in [1.165, 1.54) is 5.56 Å². The Morgan fingerprint density at radius 1 is 1.33 bits per heavy atom. The minimum absolute atomic E-state index is 0.657. The molecule has 0 saturated carbocycles. The van der Waals surface area contributed by atoms with Crippen molar-refractivity contribution in [1.29, 1.82) is 0 Å². The van der Waals surface area contributed by atoms with Crippen molar-refractivity contribution < 1.29 is 0 Å². The first-order valence-corrected chi connectivity index (χ1v) is 7.40. The van der Waals surface area contributed by atoms with Gasteiger partial charge in [-0.2, -0.15) is 0 Å². The molecule has 0 spiro atoms. The van der Waals surface area contributed by atoms with Gasteiger partial charge in [-0.25, -0.2) is 4.98 Å². The second-order valence-corrected chi connectivity index (χ2v) is 6.08. The van der Waals surface area contributed by atoms with Crippen LogP contribution in [0.2, 0.25) is 5.02 Å². The predicted octanol–water partition coefficient (Wildman–Crippen LogP) is 4.37. The van der Waals surface area contributed by atoms with Gasteiger partial charge in [0.1, 0.15) is 5.03 Å². The molecule has 2 aromatic rings. The zero-order valence-corrected chi connectivity index (χ0v) is 12.9. The Hall–Kier alpha value is -0.550. The number of aromatic nitrogens is 1. The molecule has 0 atom stereocenters. The quantitative estimate of drug-likeness (QED) is 0.892. The first-order valence-electron chi connectivity index (χ1n) is 5.41. The summed E-state index contributed by atoms with van der Waals surface area (Å²) in [5.41, 5.74) is 1.24. The van der Waals surface area contributed by atoms with Gasteiger partial charge in [0.25, 0.3) is 0 Å². The first-order chi connectivity index (χ1) is 8.69. The molecule has 0 unspecified atom stereocenters.